The Labute approximate surface area is 105 Å². The summed E-state index contributed by atoms with van der Waals surface area (Å²) in [5, 5.41) is -0.268. The second kappa shape index (κ2) is 4.85. The molecule has 1 amide bonds. The summed E-state index contributed by atoms with van der Waals surface area (Å²) in [7, 11) is -3.93. The van der Waals surface area contributed by atoms with Crippen LogP contribution in [0.4, 0.5) is 0 Å². The molecule has 2 rings (SSSR count). The van der Waals surface area contributed by atoms with E-state index >= 15 is 0 Å². The number of nitrogens with one attached hydrogen (secondary N) is 1. The molecule has 1 aliphatic rings. The van der Waals surface area contributed by atoms with E-state index in [9.17, 15) is 13.2 Å². The molecule has 1 aromatic rings. The van der Waals surface area contributed by atoms with Crippen LogP contribution in [0, 0.1) is 5.92 Å². The van der Waals surface area contributed by atoms with E-state index in [1.54, 1.807) is 0 Å². The molecule has 18 heavy (non-hydrogen) atoms. The summed E-state index contributed by atoms with van der Waals surface area (Å²) in [5.74, 6) is -0.222. The van der Waals surface area contributed by atoms with Gasteiger partial charge in [-0.15, -0.1) is 0 Å². The number of sulfonamides is 1. The van der Waals surface area contributed by atoms with Crippen LogP contribution < -0.4 is 4.72 Å². The first kappa shape index (κ1) is 12.7. The van der Waals surface area contributed by atoms with Gasteiger partial charge in [0.05, 0.1) is 6.20 Å². The number of hydrogen-bond donors (Lipinski definition) is 1. The number of aromatic nitrogens is 2. The molecule has 0 atom stereocenters. The molecule has 7 heteroatoms. The Morgan fingerprint density at radius 2 is 2.17 bits per heavy atom. The van der Waals surface area contributed by atoms with Gasteiger partial charge < -0.3 is 0 Å². The molecule has 0 aromatic carbocycles. The van der Waals surface area contributed by atoms with Gasteiger partial charge in [-0.2, -0.15) is 8.42 Å². The molecular formula is C11H13N3O3S. The average molecular weight is 267 g/mol. The van der Waals surface area contributed by atoms with Crippen molar-refractivity contribution < 1.29 is 13.2 Å². The lowest BCUT2D eigenvalue weighted by Gasteiger charge is -2.03. The van der Waals surface area contributed by atoms with Crippen molar-refractivity contribution in [3.05, 3.63) is 30.2 Å². The van der Waals surface area contributed by atoms with Crippen LogP contribution in [0.5, 0.6) is 0 Å². The molecule has 0 unspecified atom stereocenters. The number of nitrogens with zero attached hydrogens (tertiary/aromatic N) is 2. The van der Waals surface area contributed by atoms with Crippen LogP contribution in [-0.2, 0) is 14.8 Å². The molecule has 6 nitrogen and oxygen atoms in total. The molecule has 1 aromatic heterocycles. The summed E-state index contributed by atoms with van der Waals surface area (Å²) in [4.78, 5) is 18.9. The molecule has 0 bridgehead atoms. The first-order valence-electron chi connectivity index (χ1n) is 5.50. The fourth-order valence-corrected chi connectivity index (χ4v) is 2.33. The van der Waals surface area contributed by atoms with Gasteiger partial charge in [-0.25, -0.2) is 9.71 Å². The quantitative estimate of drug-likeness (QED) is 0.808. The van der Waals surface area contributed by atoms with Crippen molar-refractivity contribution in [2.75, 3.05) is 0 Å². The highest BCUT2D eigenvalue weighted by atomic mass is 32.2. The van der Waals surface area contributed by atoms with Crippen molar-refractivity contribution in [3.63, 3.8) is 0 Å². The zero-order chi connectivity index (χ0) is 13.2. The van der Waals surface area contributed by atoms with E-state index in [0.29, 0.717) is 5.92 Å². The van der Waals surface area contributed by atoms with Crippen LogP contribution in [0.1, 0.15) is 19.8 Å². The molecule has 1 N–H and O–H groups in total. The van der Waals surface area contributed by atoms with Crippen molar-refractivity contribution in [1.82, 2.24) is 14.7 Å². The predicted molar refractivity (Wildman–Crippen MR) is 63.8 cm³/mol. The van der Waals surface area contributed by atoms with Crippen LogP contribution in [0.2, 0.25) is 0 Å². The normalized spacial score (nSPS) is 16.4. The number of carbonyl (C=O) groups is 1. The molecular weight excluding hydrogens is 254 g/mol. The largest absolute Gasteiger partial charge is 0.283 e. The molecule has 0 spiro atoms. The highest BCUT2D eigenvalue weighted by molar-refractivity contribution is 7.90. The Morgan fingerprint density at radius 3 is 2.72 bits per heavy atom. The summed E-state index contributed by atoms with van der Waals surface area (Å²) >= 11 is 0. The van der Waals surface area contributed by atoms with E-state index in [4.69, 9.17) is 0 Å². The second-order valence-corrected chi connectivity index (χ2v) is 5.81. The molecule has 1 heterocycles. The second-order valence-electron chi connectivity index (χ2n) is 4.18. The minimum atomic E-state index is -3.93. The molecule has 1 saturated carbocycles. The van der Waals surface area contributed by atoms with Crippen molar-refractivity contribution >= 4 is 15.9 Å². The fraction of sp³-hybridized carbons (Fsp3) is 0.364. The zero-order valence-corrected chi connectivity index (χ0v) is 10.6. The van der Waals surface area contributed by atoms with Crippen LogP contribution in [0.3, 0.4) is 0 Å². The van der Waals surface area contributed by atoms with Crippen molar-refractivity contribution in [2.45, 2.75) is 24.8 Å². The number of amides is 1. The van der Waals surface area contributed by atoms with Crippen molar-refractivity contribution in [1.29, 1.82) is 0 Å². The number of carbonyl (C=O) groups excluding carboxylic acids is 1. The Bertz CT molecular complexity index is 577. The van der Waals surface area contributed by atoms with E-state index in [0.717, 1.165) is 24.6 Å². The van der Waals surface area contributed by atoms with Gasteiger partial charge in [0.1, 0.15) is 0 Å². The van der Waals surface area contributed by atoms with Gasteiger partial charge in [-0.1, -0.05) is 5.57 Å². The molecule has 1 fully saturated rings. The summed E-state index contributed by atoms with van der Waals surface area (Å²) < 4.78 is 25.4. The minimum absolute atomic E-state index is 0.268. The highest BCUT2D eigenvalue weighted by Crippen LogP contribution is 2.35. The first-order chi connectivity index (χ1) is 8.49. The lowest BCUT2D eigenvalue weighted by Crippen LogP contribution is -2.30. The smallest absolute Gasteiger partial charge is 0.269 e. The maximum absolute atomic E-state index is 11.7. The highest BCUT2D eigenvalue weighted by Gasteiger charge is 2.24. The Kier molecular flexibility index (Phi) is 3.42. The first-order valence-corrected chi connectivity index (χ1v) is 6.98. The maximum Gasteiger partial charge on any atom is 0.283 e. The van der Waals surface area contributed by atoms with Crippen molar-refractivity contribution in [3.8, 4) is 0 Å². The number of hydrogen-bond acceptors (Lipinski definition) is 5. The Hall–Kier alpha value is -1.76. The lowest BCUT2D eigenvalue weighted by atomic mass is 10.2. The summed E-state index contributed by atoms with van der Waals surface area (Å²) in [6.07, 6.45) is 7.15. The molecule has 1 aliphatic carbocycles. The van der Waals surface area contributed by atoms with Gasteiger partial charge in [0.25, 0.3) is 15.9 Å². The van der Waals surface area contributed by atoms with Crippen LogP contribution in [0.15, 0.2) is 35.3 Å². The summed E-state index contributed by atoms with van der Waals surface area (Å²) in [5.41, 5.74) is 0.904. The van der Waals surface area contributed by atoms with Gasteiger partial charge in [0.15, 0.2) is 5.03 Å². The standard InChI is InChI=1S/C11H13N3O3S/c1-8(9-2-3-9)6-10(15)14-18(16,17)11-7-12-4-5-13-11/h4-7,9H,2-3H2,1H3,(H,14,15)/b8-6-. The average Bonchev–Trinajstić information content (AvgIpc) is 3.13. The fourth-order valence-electron chi connectivity index (χ4n) is 1.50. The van der Waals surface area contributed by atoms with Gasteiger partial charge in [0.2, 0.25) is 0 Å². The minimum Gasteiger partial charge on any atom is -0.269 e. The lowest BCUT2D eigenvalue weighted by molar-refractivity contribution is -0.114. The maximum atomic E-state index is 11.7. The van der Waals surface area contributed by atoms with Crippen LogP contribution >= 0.6 is 0 Å². The molecule has 96 valence electrons. The van der Waals surface area contributed by atoms with E-state index in [1.165, 1.54) is 18.5 Å². The Balaban J connectivity index is 2.09. The van der Waals surface area contributed by atoms with Crippen LogP contribution in [0.25, 0.3) is 0 Å². The molecule has 0 aliphatic heterocycles. The van der Waals surface area contributed by atoms with Gasteiger partial charge in [0, 0.05) is 18.5 Å². The third-order valence-electron chi connectivity index (χ3n) is 2.63. The number of rotatable bonds is 4. The molecule has 0 radical (unpaired) electrons. The van der Waals surface area contributed by atoms with Gasteiger partial charge in [-0.3, -0.25) is 9.78 Å². The molecule has 0 saturated heterocycles. The zero-order valence-electron chi connectivity index (χ0n) is 9.83. The SMILES string of the molecule is C/C(=C/C(=O)NS(=O)(=O)c1cnccn1)C1CC1. The van der Waals surface area contributed by atoms with Crippen molar-refractivity contribution in [2.24, 2.45) is 5.92 Å². The van der Waals surface area contributed by atoms with Crippen LogP contribution in [-0.4, -0.2) is 24.3 Å². The number of allylic oxidation sites excluding steroid dienone is 1. The van der Waals surface area contributed by atoms with E-state index in [-0.39, 0.29) is 5.03 Å². The summed E-state index contributed by atoms with van der Waals surface area (Å²) in [6, 6.07) is 0. The van der Waals surface area contributed by atoms with Gasteiger partial charge >= 0.3 is 0 Å². The monoisotopic (exact) mass is 267 g/mol. The van der Waals surface area contributed by atoms with E-state index < -0.39 is 15.9 Å². The summed E-state index contributed by atoms with van der Waals surface area (Å²) in [6.45, 7) is 1.83. The third-order valence-corrected chi connectivity index (χ3v) is 3.86. The topological polar surface area (TPSA) is 89.0 Å². The third kappa shape index (κ3) is 3.13. The Morgan fingerprint density at radius 1 is 1.44 bits per heavy atom. The van der Waals surface area contributed by atoms with E-state index in [1.807, 2.05) is 11.6 Å². The van der Waals surface area contributed by atoms with E-state index in [2.05, 4.69) is 9.97 Å². The van der Waals surface area contributed by atoms with Gasteiger partial charge in [-0.05, 0) is 25.7 Å². The predicted octanol–water partition coefficient (Wildman–Crippen LogP) is 0.638.